The van der Waals surface area contributed by atoms with Crippen molar-refractivity contribution in [1.82, 2.24) is 5.32 Å². The van der Waals surface area contributed by atoms with Crippen molar-refractivity contribution in [3.05, 3.63) is 0 Å². The van der Waals surface area contributed by atoms with E-state index in [0.29, 0.717) is 19.4 Å². The van der Waals surface area contributed by atoms with Crippen molar-refractivity contribution in [3.63, 3.8) is 0 Å². The predicted octanol–water partition coefficient (Wildman–Crippen LogP) is 1.59. The van der Waals surface area contributed by atoms with E-state index in [1.165, 1.54) is 0 Å². The van der Waals surface area contributed by atoms with Gasteiger partial charge in [0.2, 0.25) is 5.91 Å². The number of rotatable bonds is 11. The third-order valence-electron chi connectivity index (χ3n) is 2.34. The van der Waals surface area contributed by atoms with E-state index in [2.05, 4.69) is 14.4 Å². The molecule has 1 unspecified atom stereocenters. The first kappa shape index (κ1) is 17.6. The Morgan fingerprint density at radius 2 is 1.94 bits per heavy atom. The normalized spacial score (nSPS) is 14.2. The summed E-state index contributed by atoms with van der Waals surface area (Å²) in [5.41, 5.74) is 0. The highest BCUT2D eigenvalue weighted by atomic mass is 31.2. The van der Waals surface area contributed by atoms with Crippen LogP contribution in [0.25, 0.3) is 0 Å². The molecule has 0 rings (SSSR count). The van der Waals surface area contributed by atoms with Crippen LogP contribution in [0.15, 0.2) is 0 Å². The second-order valence-electron chi connectivity index (χ2n) is 3.98. The molecule has 0 heterocycles. The Balaban J connectivity index is 3.27. The molecule has 18 heavy (non-hydrogen) atoms. The van der Waals surface area contributed by atoms with E-state index in [9.17, 15) is 14.3 Å². The van der Waals surface area contributed by atoms with Gasteiger partial charge >= 0.3 is 0 Å². The van der Waals surface area contributed by atoms with E-state index in [-0.39, 0.29) is 12.5 Å². The van der Waals surface area contributed by atoms with Crippen LogP contribution < -0.4 is 10.2 Å². The van der Waals surface area contributed by atoms with E-state index in [0.717, 1.165) is 32.8 Å². The number of phosphoric ester groups is 1. The van der Waals surface area contributed by atoms with Crippen molar-refractivity contribution in [2.45, 2.75) is 45.4 Å². The van der Waals surface area contributed by atoms with Gasteiger partial charge in [-0.1, -0.05) is 19.8 Å². The molecule has 1 amide bonds. The molecule has 0 aromatic rings. The highest BCUT2D eigenvalue weighted by Gasteiger charge is 2.04. The SMILES string of the molecule is CCCC(=O)NCCCCCCOP(=O)([O-])OC. The Bertz CT molecular complexity index is 272. The Morgan fingerprint density at radius 1 is 1.28 bits per heavy atom. The smallest absolute Gasteiger partial charge is 0.267 e. The molecule has 1 atom stereocenters. The Kier molecular flexibility index (Phi) is 10.3. The molecule has 0 aliphatic heterocycles. The molecule has 0 radical (unpaired) electrons. The van der Waals surface area contributed by atoms with Crippen molar-refractivity contribution in [1.29, 1.82) is 0 Å². The monoisotopic (exact) mass is 280 g/mol. The molecular weight excluding hydrogens is 257 g/mol. The van der Waals surface area contributed by atoms with Gasteiger partial charge in [-0.3, -0.25) is 9.36 Å². The minimum Gasteiger partial charge on any atom is -0.756 e. The van der Waals surface area contributed by atoms with Gasteiger partial charge in [-0.15, -0.1) is 0 Å². The summed E-state index contributed by atoms with van der Waals surface area (Å²) in [6.07, 6.45) is 4.80. The second kappa shape index (κ2) is 10.5. The molecule has 0 aromatic carbocycles. The summed E-state index contributed by atoms with van der Waals surface area (Å²) in [5.74, 6) is 0.0909. The topological polar surface area (TPSA) is 87.7 Å². The summed E-state index contributed by atoms with van der Waals surface area (Å²) in [6, 6.07) is 0. The third-order valence-corrected chi connectivity index (χ3v) is 3.29. The average Bonchev–Trinajstić information content (AvgIpc) is 2.33. The summed E-state index contributed by atoms with van der Waals surface area (Å²) < 4.78 is 19.5. The van der Waals surface area contributed by atoms with Crippen LogP contribution in [0.5, 0.6) is 0 Å². The zero-order valence-electron chi connectivity index (χ0n) is 11.1. The number of hydrogen-bond donors (Lipinski definition) is 1. The number of amides is 1. The minimum atomic E-state index is -4.06. The first-order valence-electron chi connectivity index (χ1n) is 6.30. The van der Waals surface area contributed by atoms with Crippen molar-refractivity contribution < 1.29 is 23.3 Å². The molecule has 108 valence electrons. The van der Waals surface area contributed by atoms with E-state index in [4.69, 9.17) is 0 Å². The van der Waals surface area contributed by atoms with Gasteiger partial charge in [0, 0.05) is 20.1 Å². The average molecular weight is 280 g/mol. The number of phosphoric acid groups is 1. The van der Waals surface area contributed by atoms with Crippen LogP contribution in [0.3, 0.4) is 0 Å². The van der Waals surface area contributed by atoms with Crippen LogP contribution >= 0.6 is 7.82 Å². The van der Waals surface area contributed by atoms with Crippen LogP contribution in [0.2, 0.25) is 0 Å². The number of nitrogens with one attached hydrogen (secondary N) is 1. The Hall–Kier alpha value is -0.420. The maximum absolute atomic E-state index is 11.1. The standard InChI is InChI=1S/C11H24NO5P/c1-3-8-11(13)12-9-6-4-5-7-10-17-18(14,15)16-2/h3-10H2,1-2H3,(H,12,13)(H,14,15)/p-1. The van der Waals surface area contributed by atoms with Crippen LogP contribution in [-0.4, -0.2) is 26.2 Å². The zero-order valence-corrected chi connectivity index (χ0v) is 12.0. The zero-order chi connectivity index (χ0) is 13.9. The molecule has 1 N–H and O–H groups in total. The molecule has 0 bridgehead atoms. The number of carbonyl (C=O) groups excluding carboxylic acids is 1. The lowest BCUT2D eigenvalue weighted by molar-refractivity contribution is -0.223. The number of unbranched alkanes of at least 4 members (excludes halogenated alkanes) is 3. The molecule has 0 spiro atoms. The molecule has 0 aliphatic rings. The maximum Gasteiger partial charge on any atom is 0.267 e. The van der Waals surface area contributed by atoms with Gasteiger partial charge < -0.3 is 19.3 Å². The fourth-order valence-electron chi connectivity index (χ4n) is 1.35. The van der Waals surface area contributed by atoms with Crippen molar-refractivity contribution >= 4 is 13.7 Å². The summed E-state index contributed by atoms with van der Waals surface area (Å²) in [5, 5.41) is 2.82. The van der Waals surface area contributed by atoms with Gasteiger partial charge in [0.05, 0.1) is 6.61 Å². The second-order valence-corrected chi connectivity index (χ2v) is 5.49. The summed E-state index contributed by atoms with van der Waals surface area (Å²) in [4.78, 5) is 21.9. The lowest BCUT2D eigenvalue weighted by Gasteiger charge is -2.19. The Morgan fingerprint density at radius 3 is 2.56 bits per heavy atom. The van der Waals surface area contributed by atoms with E-state index in [1.54, 1.807) is 0 Å². The van der Waals surface area contributed by atoms with Gasteiger partial charge in [0.25, 0.3) is 7.82 Å². The van der Waals surface area contributed by atoms with Gasteiger partial charge in [-0.2, -0.15) is 0 Å². The van der Waals surface area contributed by atoms with Crippen LogP contribution in [-0.2, 0) is 18.4 Å². The Labute approximate surface area is 109 Å². The van der Waals surface area contributed by atoms with Crippen molar-refractivity contribution in [2.24, 2.45) is 0 Å². The van der Waals surface area contributed by atoms with Gasteiger partial charge in [-0.25, -0.2) is 0 Å². The van der Waals surface area contributed by atoms with E-state index < -0.39 is 7.82 Å². The highest BCUT2D eigenvalue weighted by Crippen LogP contribution is 2.36. The largest absolute Gasteiger partial charge is 0.756 e. The van der Waals surface area contributed by atoms with Crippen LogP contribution in [0.1, 0.15) is 45.4 Å². The quantitative estimate of drug-likeness (QED) is 0.458. The predicted molar refractivity (Wildman–Crippen MR) is 67.0 cm³/mol. The number of carbonyl (C=O) groups is 1. The van der Waals surface area contributed by atoms with Crippen LogP contribution in [0, 0.1) is 0 Å². The first-order chi connectivity index (χ1) is 8.52. The first-order valence-corrected chi connectivity index (χ1v) is 7.76. The summed E-state index contributed by atoms with van der Waals surface area (Å²) in [7, 11) is -2.99. The molecule has 7 heteroatoms. The fraction of sp³-hybridized carbons (Fsp3) is 0.909. The van der Waals surface area contributed by atoms with Crippen molar-refractivity contribution in [3.8, 4) is 0 Å². The molecular formula is C11H23NO5P-. The van der Waals surface area contributed by atoms with Gasteiger partial charge in [-0.05, 0) is 19.3 Å². The van der Waals surface area contributed by atoms with Crippen LogP contribution in [0.4, 0.5) is 0 Å². The summed E-state index contributed by atoms with van der Waals surface area (Å²) >= 11 is 0. The lowest BCUT2D eigenvalue weighted by Crippen LogP contribution is -2.23. The maximum atomic E-state index is 11.1. The number of hydrogen-bond acceptors (Lipinski definition) is 5. The molecule has 0 fully saturated rings. The summed E-state index contributed by atoms with van der Waals surface area (Å²) in [6.45, 7) is 2.79. The third kappa shape index (κ3) is 10.7. The molecule has 0 saturated carbocycles. The molecule has 0 aliphatic carbocycles. The van der Waals surface area contributed by atoms with Crippen molar-refractivity contribution in [2.75, 3.05) is 20.3 Å². The lowest BCUT2D eigenvalue weighted by atomic mass is 10.2. The fourth-order valence-corrected chi connectivity index (χ4v) is 1.81. The molecule has 6 nitrogen and oxygen atoms in total. The minimum absolute atomic E-state index is 0.0909. The van der Waals surface area contributed by atoms with Gasteiger partial charge in [0.15, 0.2) is 0 Å². The van der Waals surface area contributed by atoms with E-state index in [1.807, 2.05) is 6.92 Å². The van der Waals surface area contributed by atoms with E-state index >= 15 is 0 Å². The molecule has 0 aromatic heterocycles. The highest BCUT2D eigenvalue weighted by molar-refractivity contribution is 7.45. The molecule has 0 saturated heterocycles. The van der Waals surface area contributed by atoms with Gasteiger partial charge in [0.1, 0.15) is 0 Å².